The second-order valence-electron chi connectivity index (χ2n) is 11.8. The smallest absolute Gasteiger partial charge is 0.228 e. The average Bonchev–Trinajstić information content (AvgIpc) is 3.23. The minimum Gasteiger partial charge on any atom is -0.228 e. The lowest BCUT2D eigenvalue weighted by molar-refractivity contribution is 0.128. The van der Waals surface area contributed by atoms with Gasteiger partial charge in [-0.1, -0.05) is 71.6 Å². The van der Waals surface area contributed by atoms with E-state index in [1.54, 1.807) is 24.3 Å². The maximum Gasteiger partial charge on any atom is 0.291 e. The van der Waals surface area contributed by atoms with E-state index in [0.717, 1.165) is 23.5 Å². The van der Waals surface area contributed by atoms with Crippen molar-refractivity contribution in [2.75, 3.05) is 6.54 Å². The first-order valence-corrected chi connectivity index (χ1v) is 15.9. The summed E-state index contributed by atoms with van der Waals surface area (Å²) in [7, 11) is -7.57. The van der Waals surface area contributed by atoms with Crippen LogP contribution in [0.5, 0.6) is 0 Å². The molecule has 2 aromatic carbocycles. The van der Waals surface area contributed by atoms with Crippen molar-refractivity contribution in [2.24, 2.45) is 32.4 Å². The highest BCUT2D eigenvalue weighted by Crippen LogP contribution is 2.71. The van der Waals surface area contributed by atoms with E-state index < -0.39 is 19.9 Å². The molecule has 0 saturated heterocycles. The predicted octanol–water partition coefficient (Wildman–Crippen LogP) is 6.43. The van der Waals surface area contributed by atoms with Gasteiger partial charge in [0.1, 0.15) is 0 Å². The van der Waals surface area contributed by atoms with E-state index in [4.69, 9.17) is 0 Å². The Morgan fingerprint density at radius 2 is 1.50 bits per heavy atom. The van der Waals surface area contributed by atoms with Crippen LogP contribution >= 0.6 is 0 Å². The van der Waals surface area contributed by atoms with Crippen LogP contribution in [0.4, 0.5) is 0 Å². The summed E-state index contributed by atoms with van der Waals surface area (Å²) in [6, 6.07) is 13.6. The van der Waals surface area contributed by atoms with Crippen molar-refractivity contribution in [3.05, 3.63) is 71.3 Å². The largest absolute Gasteiger partial charge is 0.291 e. The molecule has 7 heteroatoms. The molecule has 0 amide bonds. The Morgan fingerprint density at radius 1 is 0.917 bits per heavy atom. The standard InChI is InChI=1S/C29H38N2O3S2/c1-20-6-11-24(12-7-20)35(32,31-36(33,34)25-13-8-21(2)9-14-25)30-19-23-16-17-29-18-26(23)28(4,5)27(29)15-10-22(29)3/h6-9,11-14,16,22,26-27H,10,15,17-19H2,1-5H3,(H,30,31,32)/t22-,26+,27?,29+,35?/m1/s1. The Morgan fingerprint density at radius 3 is 2.11 bits per heavy atom. The molecule has 0 radical (unpaired) electrons. The second-order valence-corrected chi connectivity index (χ2v) is 15.7. The van der Waals surface area contributed by atoms with Crippen molar-refractivity contribution in [3.63, 3.8) is 0 Å². The summed E-state index contributed by atoms with van der Waals surface area (Å²) < 4.78 is 48.0. The number of hydrogen-bond acceptors (Lipinski definition) is 3. The quantitative estimate of drug-likeness (QED) is 0.441. The summed E-state index contributed by atoms with van der Waals surface area (Å²) in [5.41, 5.74) is 3.76. The third-order valence-electron chi connectivity index (χ3n) is 9.47. The van der Waals surface area contributed by atoms with Crippen molar-refractivity contribution < 1.29 is 12.6 Å². The summed E-state index contributed by atoms with van der Waals surface area (Å²) in [6.45, 7) is 11.4. The Kier molecular flexibility index (Phi) is 6.29. The fourth-order valence-corrected chi connectivity index (χ4v) is 10.8. The number of benzene rings is 2. The molecule has 194 valence electrons. The van der Waals surface area contributed by atoms with Gasteiger partial charge in [0.15, 0.2) is 9.92 Å². The second kappa shape index (κ2) is 8.81. The van der Waals surface area contributed by atoms with Crippen LogP contribution in [0.1, 0.15) is 57.6 Å². The van der Waals surface area contributed by atoms with Crippen molar-refractivity contribution in [3.8, 4) is 0 Å². The molecule has 5 rings (SSSR count). The molecular formula is C29H38N2O3S2. The number of nitrogens with one attached hydrogen (secondary N) is 1. The van der Waals surface area contributed by atoms with Crippen molar-refractivity contribution in [2.45, 2.75) is 70.1 Å². The number of allylic oxidation sites excluding steroid dienone is 1. The molecule has 1 spiro atoms. The number of aryl methyl sites for hydroxylation is 2. The van der Waals surface area contributed by atoms with Crippen LogP contribution in [0, 0.1) is 42.4 Å². The van der Waals surface area contributed by atoms with Crippen LogP contribution in [0.2, 0.25) is 0 Å². The number of rotatable bonds is 6. The van der Waals surface area contributed by atoms with Crippen LogP contribution in [0.3, 0.4) is 0 Å². The van der Waals surface area contributed by atoms with Crippen LogP contribution < -0.4 is 4.72 Å². The molecule has 1 N–H and O–H groups in total. The van der Waals surface area contributed by atoms with E-state index in [2.05, 4.69) is 35.3 Å². The summed E-state index contributed by atoms with van der Waals surface area (Å²) in [5, 5.41) is 0. The third-order valence-corrected chi connectivity index (χ3v) is 13.4. The highest BCUT2D eigenvalue weighted by atomic mass is 32.3. The maximum atomic E-state index is 14.3. The minimum absolute atomic E-state index is 0.0484. The Bertz CT molecular complexity index is 1420. The monoisotopic (exact) mass is 526 g/mol. The molecular weight excluding hydrogens is 488 g/mol. The highest BCUT2D eigenvalue weighted by molar-refractivity contribution is 8.02. The lowest BCUT2D eigenvalue weighted by atomic mass is 9.68. The van der Waals surface area contributed by atoms with Gasteiger partial charge in [0.2, 0.25) is 0 Å². The van der Waals surface area contributed by atoms with Gasteiger partial charge in [-0.25, -0.2) is 8.93 Å². The zero-order valence-electron chi connectivity index (χ0n) is 22.0. The maximum absolute atomic E-state index is 14.3. The van der Waals surface area contributed by atoms with Crippen molar-refractivity contribution in [1.82, 2.24) is 4.72 Å². The van der Waals surface area contributed by atoms with Gasteiger partial charge < -0.3 is 0 Å². The Balaban J connectivity index is 1.50. The first-order chi connectivity index (χ1) is 16.9. The lowest BCUT2D eigenvalue weighted by Crippen LogP contribution is -2.33. The van der Waals surface area contributed by atoms with E-state index in [0.29, 0.717) is 28.7 Å². The first kappa shape index (κ1) is 25.7. The highest BCUT2D eigenvalue weighted by Gasteiger charge is 2.63. The molecule has 5 nitrogen and oxygen atoms in total. The third kappa shape index (κ3) is 4.17. The molecule has 3 aliphatic rings. The van der Waals surface area contributed by atoms with Crippen molar-refractivity contribution >= 4 is 19.9 Å². The Labute approximate surface area is 217 Å². The number of hydrogen-bond donors (Lipinski definition) is 1. The van der Waals surface area contributed by atoms with Gasteiger partial charge in [-0.2, -0.15) is 8.42 Å². The zero-order valence-corrected chi connectivity index (χ0v) is 23.6. The molecule has 0 aliphatic heterocycles. The predicted molar refractivity (Wildman–Crippen MR) is 145 cm³/mol. The molecule has 2 aromatic rings. The van der Waals surface area contributed by atoms with Gasteiger partial charge in [-0.05, 0) is 92.4 Å². The fourth-order valence-electron chi connectivity index (χ4n) is 7.32. The Hall–Kier alpha value is -1.96. The SMILES string of the molecule is Cc1ccc(S(=O)(=O)N=S(=O)(NCC2=CC[C@@]34C[C@@H]2C(C)(C)C3CC[C@H]4C)c2ccc(C)cc2)cc1. The summed E-state index contributed by atoms with van der Waals surface area (Å²) in [6.07, 6.45) is 7.17. The van der Waals surface area contributed by atoms with Crippen LogP contribution in [-0.2, 0) is 19.9 Å². The summed E-state index contributed by atoms with van der Waals surface area (Å²) in [5.74, 6) is 1.83. The lowest BCUT2D eigenvalue weighted by Gasteiger charge is -2.37. The van der Waals surface area contributed by atoms with Gasteiger partial charge in [0, 0.05) is 6.54 Å². The van der Waals surface area contributed by atoms with Crippen molar-refractivity contribution in [1.29, 1.82) is 0 Å². The normalized spacial score (nSPS) is 30.4. The van der Waals surface area contributed by atoms with Crippen LogP contribution in [0.25, 0.3) is 0 Å². The van der Waals surface area contributed by atoms with E-state index >= 15 is 0 Å². The number of fused-ring (bicyclic) bond motifs is 1. The van der Waals surface area contributed by atoms with E-state index in [1.807, 2.05) is 26.0 Å². The molecule has 3 aliphatic carbocycles. The van der Waals surface area contributed by atoms with Gasteiger partial charge in [0.25, 0.3) is 10.0 Å². The zero-order chi connectivity index (χ0) is 25.9. The average molecular weight is 527 g/mol. The molecule has 2 unspecified atom stereocenters. The number of nitrogens with zero attached hydrogens (tertiary/aromatic N) is 1. The molecule has 0 heterocycles. The topological polar surface area (TPSA) is 75.6 Å². The van der Waals surface area contributed by atoms with Gasteiger partial charge >= 0.3 is 0 Å². The molecule has 0 aromatic heterocycles. The van der Waals surface area contributed by atoms with E-state index in [1.165, 1.54) is 37.0 Å². The van der Waals surface area contributed by atoms with Crippen LogP contribution in [0.15, 0.2) is 73.7 Å². The minimum atomic E-state index is -4.13. The summed E-state index contributed by atoms with van der Waals surface area (Å²) in [4.78, 5) is 0.431. The van der Waals surface area contributed by atoms with Gasteiger partial charge in [-0.15, -0.1) is 0 Å². The van der Waals surface area contributed by atoms with Gasteiger partial charge in [0.05, 0.1) is 9.79 Å². The van der Waals surface area contributed by atoms with Gasteiger partial charge in [-0.3, -0.25) is 0 Å². The number of sulfonamides is 1. The van der Waals surface area contributed by atoms with E-state index in [9.17, 15) is 12.6 Å². The summed E-state index contributed by atoms with van der Waals surface area (Å²) >= 11 is 0. The molecule has 2 bridgehead atoms. The molecule has 2 saturated carbocycles. The van der Waals surface area contributed by atoms with E-state index in [-0.39, 0.29) is 10.3 Å². The fraction of sp³-hybridized carbons (Fsp3) is 0.517. The first-order valence-electron chi connectivity index (χ1n) is 13.0. The molecule has 36 heavy (non-hydrogen) atoms. The van der Waals surface area contributed by atoms with Crippen LogP contribution in [-0.4, -0.2) is 19.2 Å². The molecule has 2 fully saturated rings. The molecule has 5 atom stereocenters.